The van der Waals surface area contributed by atoms with Crippen molar-refractivity contribution in [3.8, 4) is 0 Å². The van der Waals surface area contributed by atoms with Gasteiger partial charge in [-0.05, 0) is 30.2 Å². The molecule has 0 saturated heterocycles. The van der Waals surface area contributed by atoms with Gasteiger partial charge in [-0.15, -0.1) is 0 Å². The van der Waals surface area contributed by atoms with Gasteiger partial charge in [-0.1, -0.05) is 13.8 Å². The summed E-state index contributed by atoms with van der Waals surface area (Å²) in [5.41, 5.74) is 1.70. The molecular weight excluding hydrogens is 198 g/mol. The molecule has 3 heteroatoms. The molecule has 1 aromatic rings. The zero-order valence-corrected chi connectivity index (χ0v) is 10.4. The highest BCUT2D eigenvalue weighted by atomic mass is 15.0. The van der Waals surface area contributed by atoms with Crippen LogP contribution in [-0.4, -0.2) is 18.6 Å². The van der Waals surface area contributed by atoms with Crippen LogP contribution in [0.3, 0.4) is 0 Å². The topological polar surface area (TPSA) is 37.0 Å². The second-order valence-electron chi connectivity index (χ2n) is 5.05. The van der Waals surface area contributed by atoms with E-state index in [1.165, 1.54) is 12.8 Å². The molecule has 16 heavy (non-hydrogen) atoms. The predicted molar refractivity (Wildman–Crippen MR) is 68.8 cm³/mol. The van der Waals surface area contributed by atoms with Crippen LogP contribution in [0.2, 0.25) is 0 Å². The monoisotopic (exact) mass is 219 g/mol. The van der Waals surface area contributed by atoms with Crippen molar-refractivity contribution in [2.24, 2.45) is 11.3 Å². The van der Waals surface area contributed by atoms with Gasteiger partial charge in [0.1, 0.15) is 5.82 Å². The number of aromatic nitrogens is 1. The molecule has 0 aromatic carbocycles. The summed E-state index contributed by atoms with van der Waals surface area (Å²) in [6.07, 6.45) is 4.56. The third-order valence-electron chi connectivity index (χ3n) is 3.78. The highest BCUT2D eigenvalue weighted by Gasteiger charge is 2.44. The highest BCUT2D eigenvalue weighted by molar-refractivity contribution is 5.51. The van der Waals surface area contributed by atoms with Gasteiger partial charge in [-0.25, -0.2) is 4.98 Å². The molecule has 0 spiro atoms. The van der Waals surface area contributed by atoms with E-state index in [1.54, 1.807) is 0 Å². The Morgan fingerprint density at radius 3 is 2.75 bits per heavy atom. The zero-order chi connectivity index (χ0) is 11.6. The molecular formula is C13H21N3. The molecule has 2 rings (SSSR count). The van der Waals surface area contributed by atoms with Crippen LogP contribution in [0.15, 0.2) is 18.3 Å². The maximum Gasteiger partial charge on any atom is 0.127 e. The lowest BCUT2D eigenvalue weighted by molar-refractivity contribution is 0.380. The Hall–Kier alpha value is -1.25. The molecule has 1 heterocycles. The summed E-state index contributed by atoms with van der Waals surface area (Å²) in [6.45, 7) is 5.72. The largest absolute Gasteiger partial charge is 0.384 e. The molecule has 0 atom stereocenters. The number of pyridine rings is 1. The van der Waals surface area contributed by atoms with E-state index < -0.39 is 0 Å². The second kappa shape index (κ2) is 4.32. The maximum absolute atomic E-state index is 4.20. The van der Waals surface area contributed by atoms with Crippen LogP contribution >= 0.6 is 0 Å². The molecule has 0 amide bonds. The number of rotatable bonds is 5. The minimum absolute atomic E-state index is 0.545. The highest BCUT2D eigenvalue weighted by Crippen LogP contribution is 2.51. The minimum atomic E-state index is 0.545. The van der Waals surface area contributed by atoms with Gasteiger partial charge in [0.25, 0.3) is 0 Å². The summed E-state index contributed by atoms with van der Waals surface area (Å²) in [4.78, 5) is 4.20. The minimum Gasteiger partial charge on any atom is -0.384 e. The average Bonchev–Trinajstić information content (AvgIpc) is 3.08. The number of nitrogens with zero attached hydrogens (tertiary/aromatic N) is 1. The molecule has 3 nitrogen and oxygen atoms in total. The first-order valence-electron chi connectivity index (χ1n) is 6.04. The fourth-order valence-corrected chi connectivity index (χ4v) is 2.07. The molecule has 88 valence electrons. The fourth-order valence-electron chi connectivity index (χ4n) is 2.07. The molecule has 0 aliphatic heterocycles. The third kappa shape index (κ3) is 2.29. The Morgan fingerprint density at radius 1 is 1.44 bits per heavy atom. The van der Waals surface area contributed by atoms with Crippen LogP contribution in [0, 0.1) is 11.3 Å². The molecule has 1 saturated carbocycles. The number of hydrogen-bond acceptors (Lipinski definition) is 3. The van der Waals surface area contributed by atoms with Crippen molar-refractivity contribution in [2.75, 3.05) is 24.2 Å². The quantitative estimate of drug-likeness (QED) is 0.799. The van der Waals surface area contributed by atoms with E-state index in [0.717, 1.165) is 24.0 Å². The summed E-state index contributed by atoms with van der Waals surface area (Å²) < 4.78 is 0. The van der Waals surface area contributed by atoms with Crippen molar-refractivity contribution in [1.29, 1.82) is 0 Å². The second-order valence-corrected chi connectivity index (χ2v) is 5.05. The summed E-state index contributed by atoms with van der Waals surface area (Å²) in [6, 6.07) is 4.08. The lowest BCUT2D eigenvalue weighted by atomic mass is 9.92. The lowest BCUT2D eigenvalue weighted by Gasteiger charge is -2.20. The van der Waals surface area contributed by atoms with Gasteiger partial charge in [0.05, 0.1) is 0 Å². The summed E-state index contributed by atoms with van der Waals surface area (Å²) >= 11 is 0. The zero-order valence-electron chi connectivity index (χ0n) is 10.4. The van der Waals surface area contributed by atoms with Crippen LogP contribution < -0.4 is 10.6 Å². The Balaban J connectivity index is 1.94. The van der Waals surface area contributed by atoms with Gasteiger partial charge in [0, 0.05) is 31.5 Å². The van der Waals surface area contributed by atoms with Crippen molar-refractivity contribution < 1.29 is 0 Å². The van der Waals surface area contributed by atoms with Gasteiger partial charge in [-0.2, -0.15) is 0 Å². The Kier molecular flexibility index (Phi) is 3.03. The van der Waals surface area contributed by atoms with Crippen molar-refractivity contribution in [1.82, 2.24) is 4.98 Å². The molecule has 0 unspecified atom stereocenters. The van der Waals surface area contributed by atoms with E-state index in [-0.39, 0.29) is 0 Å². The molecule has 1 aromatic heterocycles. The maximum atomic E-state index is 4.20. The van der Waals surface area contributed by atoms with Crippen molar-refractivity contribution >= 4 is 11.5 Å². The van der Waals surface area contributed by atoms with E-state index in [2.05, 4.69) is 35.5 Å². The molecule has 1 aliphatic carbocycles. The number of anilines is 2. The van der Waals surface area contributed by atoms with Crippen LogP contribution in [0.4, 0.5) is 11.5 Å². The summed E-state index contributed by atoms with van der Waals surface area (Å²) in [7, 11) is 1.89. The van der Waals surface area contributed by atoms with Crippen molar-refractivity contribution in [3.05, 3.63) is 18.3 Å². The SMILES string of the molecule is CNc1cc(NCC2(C(C)C)CC2)ccn1. The van der Waals surface area contributed by atoms with Gasteiger partial charge in [-0.3, -0.25) is 0 Å². The predicted octanol–water partition coefficient (Wildman–Crippen LogP) is 2.97. The Labute approximate surface area is 97.7 Å². The standard InChI is InChI=1S/C13H21N3/c1-10(2)13(5-6-13)9-16-11-4-7-15-12(8-11)14-3/h4,7-8,10H,5-6,9H2,1-3H3,(H2,14,15,16). The Bertz CT molecular complexity index is 356. The Morgan fingerprint density at radius 2 is 2.19 bits per heavy atom. The number of nitrogens with one attached hydrogen (secondary N) is 2. The molecule has 1 fully saturated rings. The lowest BCUT2D eigenvalue weighted by Crippen LogP contribution is -2.20. The molecule has 0 bridgehead atoms. The summed E-state index contributed by atoms with van der Waals surface area (Å²) in [5, 5.41) is 6.58. The van der Waals surface area contributed by atoms with Crippen LogP contribution in [0.25, 0.3) is 0 Å². The number of hydrogen-bond donors (Lipinski definition) is 2. The normalized spacial score (nSPS) is 17.2. The van der Waals surface area contributed by atoms with E-state index in [4.69, 9.17) is 0 Å². The van der Waals surface area contributed by atoms with Crippen LogP contribution in [0.1, 0.15) is 26.7 Å². The van der Waals surface area contributed by atoms with Gasteiger partial charge >= 0.3 is 0 Å². The van der Waals surface area contributed by atoms with E-state index >= 15 is 0 Å². The first kappa shape index (κ1) is 11.2. The van der Waals surface area contributed by atoms with Gasteiger partial charge in [0.15, 0.2) is 0 Å². The van der Waals surface area contributed by atoms with Crippen molar-refractivity contribution in [3.63, 3.8) is 0 Å². The molecule has 0 radical (unpaired) electrons. The van der Waals surface area contributed by atoms with Crippen LogP contribution in [-0.2, 0) is 0 Å². The van der Waals surface area contributed by atoms with E-state index in [1.807, 2.05) is 19.3 Å². The fraction of sp³-hybridized carbons (Fsp3) is 0.615. The van der Waals surface area contributed by atoms with Crippen molar-refractivity contribution in [2.45, 2.75) is 26.7 Å². The first-order valence-corrected chi connectivity index (χ1v) is 6.04. The van der Waals surface area contributed by atoms with Crippen LogP contribution in [0.5, 0.6) is 0 Å². The van der Waals surface area contributed by atoms with E-state index in [9.17, 15) is 0 Å². The van der Waals surface area contributed by atoms with Gasteiger partial charge in [0.2, 0.25) is 0 Å². The van der Waals surface area contributed by atoms with E-state index in [0.29, 0.717) is 5.41 Å². The summed E-state index contributed by atoms with van der Waals surface area (Å²) in [5.74, 6) is 1.69. The molecule has 1 aliphatic rings. The first-order chi connectivity index (χ1) is 7.66. The molecule has 2 N–H and O–H groups in total. The average molecular weight is 219 g/mol. The smallest absolute Gasteiger partial charge is 0.127 e. The third-order valence-corrected chi connectivity index (χ3v) is 3.78. The van der Waals surface area contributed by atoms with Gasteiger partial charge < -0.3 is 10.6 Å².